The molecule has 4 N–H and O–H groups in total. The Hall–Kier alpha value is -3.77. The number of primary amides is 1. The third-order valence-corrected chi connectivity index (χ3v) is 7.42. The lowest BCUT2D eigenvalue weighted by atomic mass is 10.1. The van der Waals surface area contributed by atoms with Crippen LogP contribution in [0.4, 0.5) is 5.69 Å². The molecule has 0 aliphatic carbocycles. The largest absolute Gasteiger partial charge is 0.505 e. The van der Waals surface area contributed by atoms with Gasteiger partial charge >= 0.3 is 0 Å². The maximum atomic E-state index is 13.3. The van der Waals surface area contributed by atoms with Crippen LogP contribution >= 0.6 is 11.3 Å². The summed E-state index contributed by atoms with van der Waals surface area (Å²) in [5.74, 6) is -1.13. The zero-order valence-electron chi connectivity index (χ0n) is 18.9. The van der Waals surface area contributed by atoms with Gasteiger partial charge in [-0.1, -0.05) is 26.0 Å². The fourth-order valence-electron chi connectivity index (χ4n) is 3.45. The van der Waals surface area contributed by atoms with E-state index in [1.807, 2.05) is 13.8 Å². The van der Waals surface area contributed by atoms with Crippen molar-refractivity contribution in [2.75, 3.05) is 5.32 Å². The molecule has 1 aliphatic rings. The van der Waals surface area contributed by atoms with Gasteiger partial charge in [0.25, 0.3) is 15.6 Å². The van der Waals surface area contributed by atoms with E-state index in [1.54, 1.807) is 23.6 Å². The van der Waals surface area contributed by atoms with E-state index in [9.17, 15) is 23.1 Å². The highest BCUT2D eigenvalue weighted by Gasteiger charge is 2.31. The summed E-state index contributed by atoms with van der Waals surface area (Å²) in [6.45, 7) is 4.31. The monoisotopic (exact) mass is 513 g/mol. The van der Waals surface area contributed by atoms with Crippen LogP contribution < -0.4 is 16.6 Å². The number of fused-ring (bicyclic) bond motifs is 1. The number of thiophene rings is 1. The van der Waals surface area contributed by atoms with Crippen molar-refractivity contribution in [1.82, 2.24) is 9.78 Å². The van der Waals surface area contributed by atoms with Gasteiger partial charge in [-0.05, 0) is 47.6 Å². The van der Waals surface area contributed by atoms with E-state index in [2.05, 4.69) is 14.8 Å². The van der Waals surface area contributed by atoms with E-state index < -0.39 is 27.2 Å². The van der Waals surface area contributed by atoms with Gasteiger partial charge in [0.15, 0.2) is 11.6 Å². The summed E-state index contributed by atoms with van der Waals surface area (Å²) >= 11 is 1.33. The number of nitrogens with zero attached hydrogens (tertiary/aromatic N) is 3. The van der Waals surface area contributed by atoms with Crippen molar-refractivity contribution in [3.8, 4) is 16.3 Å². The topological polar surface area (TPSA) is 157 Å². The Kier molecular flexibility index (Phi) is 6.59. The summed E-state index contributed by atoms with van der Waals surface area (Å²) in [6, 6.07) is 7.93. The Morgan fingerprint density at radius 2 is 2.09 bits per heavy atom. The van der Waals surface area contributed by atoms with Gasteiger partial charge in [-0.3, -0.25) is 9.59 Å². The van der Waals surface area contributed by atoms with Gasteiger partial charge in [0.1, 0.15) is 16.2 Å². The molecule has 1 amide bonds. The molecule has 0 unspecified atom stereocenters. The maximum Gasteiger partial charge on any atom is 0.286 e. The highest BCUT2D eigenvalue weighted by atomic mass is 32.2. The number of carbonyl (C=O) groups is 1. The highest BCUT2D eigenvalue weighted by molar-refractivity contribution is 7.90. The summed E-state index contributed by atoms with van der Waals surface area (Å²) in [7, 11) is -4.24. The van der Waals surface area contributed by atoms with E-state index in [0.29, 0.717) is 22.8 Å². The van der Waals surface area contributed by atoms with Crippen LogP contribution in [0.5, 0.6) is 5.75 Å². The smallest absolute Gasteiger partial charge is 0.286 e. The fraction of sp³-hybridized carbons (Fsp3) is 0.217. The zero-order valence-corrected chi connectivity index (χ0v) is 20.6. The first-order valence-electron chi connectivity index (χ1n) is 10.7. The second-order valence-electron chi connectivity index (χ2n) is 8.29. The van der Waals surface area contributed by atoms with E-state index >= 15 is 0 Å². The van der Waals surface area contributed by atoms with E-state index in [4.69, 9.17) is 5.73 Å². The van der Waals surface area contributed by atoms with Gasteiger partial charge in [0.2, 0.25) is 5.91 Å². The molecule has 0 saturated heterocycles. The number of amidine groups is 1. The quantitative estimate of drug-likeness (QED) is 0.410. The molecule has 1 aliphatic heterocycles. The number of nitrogens with one attached hydrogen (secondary N) is 1. The first kappa shape index (κ1) is 24.4. The molecule has 10 nitrogen and oxygen atoms in total. The van der Waals surface area contributed by atoms with Gasteiger partial charge in [0, 0.05) is 12.6 Å². The highest BCUT2D eigenvalue weighted by Crippen LogP contribution is 2.35. The van der Waals surface area contributed by atoms with Crippen molar-refractivity contribution in [1.29, 1.82) is 0 Å². The molecule has 4 rings (SSSR count). The van der Waals surface area contributed by atoms with Gasteiger partial charge in [-0.15, -0.1) is 15.7 Å². The molecule has 12 heteroatoms. The molecule has 3 aromatic rings. The molecule has 1 aromatic carbocycles. The second kappa shape index (κ2) is 9.47. The molecule has 0 radical (unpaired) electrons. The molecular formula is C23H23N5O5S2. The number of carbonyl (C=O) groups excluding carboxylic acids is 1. The average Bonchev–Trinajstić information content (AvgIpc) is 3.31. The minimum atomic E-state index is -4.24. The minimum absolute atomic E-state index is 0.139. The lowest BCUT2D eigenvalue weighted by molar-refractivity contribution is -0.113. The van der Waals surface area contributed by atoms with Crippen LogP contribution in [0.3, 0.4) is 0 Å². The van der Waals surface area contributed by atoms with Gasteiger partial charge in [-0.2, -0.15) is 13.5 Å². The number of nitrogens with two attached hydrogens (primary N) is 1. The third kappa shape index (κ3) is 5.03. The van der Waals surface area contributed by atoms with Crippen molar-refractivity contribution in [2.45, 2.75) is 31.7 Å². The number of sulfonamides is 1. The Morgan fingerprint density at radius 1 is 1.31 bits per heavy atom. The Bertz CT molecular complexity index is 1520. The predicted octanol–water partition coefficient (Wildman–Crippen LogP) is 2.78. The molecule has 0 saturated carbocycles. The fourth-order valence-corrected chi connectivity index (χ4v) is 5.32. The standard InChI is InChI=1S/C23H23N5O5S2/c1-13(2)9-10-28-23(31)19(21(30)20(26-28)16-4-3-11-34-16)22-25-15-7-5-14(6-8-18(24)29)12-17(15)35(32,33)27-22/h3-8,11-13,30H,9-10H2,1-2H3,(H2,24,29)(H,25,27)/b8-6+. The number of benzene rings is 1. The van der Waals surface area contributed by atoms with Gasteiger partial charge < -0.3 is 16.2 Å². The van der Waals surface area contributed by atoms with Crippen LogP contribution in [0.1, 0.15) is 31.4 Å². The maximum absolute atomic E-state index is 13.3. The molecule has 182 valence electrons. The second-order valence-corrected chi connectivity index (χ2v) is 10.8. The van der Waals surface area contributed by atoms with Crippen LogP contribution in [0.25, 0.3) is 16.6 Å². The van der Waals surface area contributed by atoms with Gasteiger partial charge in [-0.25, -0.2) is 4.68 Å². The molecule has 0 fully saturated rings. The minimum Gasteiger partial charge on any atom is -0.505 e. The van der Waals surface area contributed by atoms with Crippen LogP contribution in [-0.4, -0.2) is 35.0 Å². The summed E-state index contributed by atoms with van der Waals surface area (Å²) in [5.41, 5.74) is 4.93. The molecular weight excluding hydrogens is 490 g/mol. The number of rotatable bonds is 7. The van der Waals surface area contributed by atoms with E-state index in [0.717, 1.165) is 6.08 Å². The average molecular weight is 514 g/mol. The van der Waals surface area contributed by atoms with Crippen LogP contribution in [0.15, 0.2) is 55.9 Å². The first-order chi connectivity index (χ1) is 16.6. The predicted molar refractivity (Wildman–Crippen MR) is 135 cm³/mol. The number of amides is 1. The van der Waals surface area contributed by atoms with Crippen molar-refractivity contribution >= 4 is 44.9 Å². The summed E-state index contributed by atoms with van der Waals surface area (Å²) in [6.07, 6.45) is 3.15. The van der Waals surface area contributed by atoms with Crippen molar-refractivity contribution in [3.05, 3.63) is 63.3 Å². The summed E-state index contributed by atoms with van der Waals surface area (Å²) < 4.78 is 31.1. The number of hydrogen-bond acceptors (Lipinski definition) is 8. The number of aromatic nitrogens is 2. The summed E-state index contributed by atoms with van der Waals surface area (Å²) in [5, 5.41) is 20.1. The SMILES string of the molecule is CC(C)CCn1nc(-c2cccs2)c(O)c(C2=NS(=O)(=O)c3cc(/C=C/C(N)=O)ccc3N2)c1=O. The molecule has 0 spiro atoms. The molecule has 0 bridgehead atoms. The van der Waals surface area contributed by atoms with Crippen LogP contribution in [-0.2, 0) is 21.4 Å². The number of aryl methyl sites for hydroxylation is 1. The van der Waals surface area contributed by atoms with Crippen LogP contribution in [0.2, 0.25) is 0 Å². The van der Waals surface area contributed by atoms with Crippen molar-refractivity contribution < 1.29 is 18.3 Å². The molecule has 3 heterocycles. The summed E-state index contributed by atoms with van der Waals surface area (Å²) in [4.78, 5) is 24.8. The number of anilines is 1. The lowest BCUT2D eigenvalue weighted by Gasteiger charge is -2.20. The first-order valence-corrected chi connectivity index (χ1v) is 13.0. The third-order valence-electron chi connectivity index (χ3n) is 5.23. The van der Waals surface area contributed by atoms with Crippen molar-refractivity contribution in [3.63, 3.8) is 0 Å². The Morgan fingerprint density at radius 3 is 2.74 bits per heavy atom. The van der Waals surface area contributed by atoms with Crippen LogP contribution in [0, 0.1) is 5.92 Å². The van der Waals surface area contributed by atoms with E-state index in [-0.39, 0.29) is 34.2 Å². The lowest BCUT2D eigenvalue weighted by Crippen LogP contribution is -2.34. The molecule has 35 heavy (non-hydrogen) atoms. The molecule has 0 atom stereocenters. The Labute approximate surface area is 205 Å². The van der Waals surface area contributed by atoms with Crippen molar-refractivity contribution in [2.24, 2.45) is 16.0 Å². The van der Waals surface area contributed by atoms with Gasteiger partial charge in [0.05, 0.1) is 10.6 Å². The Balaban J connectivity index is 1.86. The normalized spacial score (nSPS) is 14.5. The van der Waals surface area contributed by atoms with E-state index in [1.165, 1.54) is 34.2 Å². The number of hydrogen-bond donors (Lipinski definition) is 3. The zero-order chi connectivity index (χ0) is 25.3. The number of aromatic hydroxyl groups is 1. The molecule has 2 aromatic heterocycles.